The molecule has 0 radical (unpaired) electrons. The van der Waals surface area contributed by atoms with Gasteiger partial charge in [0.1, 0.15) is 0 Å². The molecule has 0 spiro atoms. The first kappa shape index (κ1) is 10.5. The molecule has 1 saturated heterocycles. The normalized spacial score (nSPS) is 17.8. The third-order valence-corrected chi connectivity index (χ3v) is 1.43. The summed E-state index contributed by atoms with van der Waals surface area (Å²) in [5, 5.41) is 3.12. The van der Waals surface area contributed by atoms with Crippen molar-refractivity contribution in [3.8, 4) is 0 Å². The number of hydrogen-bond donors (Lipinski definition) is 2. The molecule has 0 aromatic carbocycles. The summed E-state index contributed by atoms with van der Waals surface area (Å²) in [5.41, 5.74) is 5.03. The molecule has 3 N–H and O–H groups in total. The van der Waals surface area contributed by atoms with Crippen molar-refractivity contribution in [3.05, 3.63) is 0 Å². The van der Waals surface area contributed by atoms with Crippen molar-refractivity contribution >= 4 is 43.8 Å². The maximum absolute atomic E-state index is 10.5. The summed E-state index contributed by atoms with van der Waals surface area (Å²) in [6.07, 6.45) is 0. The molecule has 0 aromatic rings. The number of hydrogen-bond acceptors (Lipinski definition) is 2. The molecule has 0 saturated carbocycles. The number of primary amides is 1. The SMILES string of the molecule is NC(=O)N1CCNCC1.[CaH2]. The van der Waals surface area contributed by atoms with E-state index >= 15 is 0 Å². The number of carbonyl (C=O) groups is 1. The fourth-order valence-corrected chi connectivity index (χ4v) is 0.885. The van der Waals surface area contributed by atoms with E-state index < -0.39 is 0 Å². The number of urea groups is 1. The van der Waals surface area contributed by atoms with Crippen LogP contribution >= 0.6 is 0 Å². The number of piperazine rings is 1. The van der Waals surface area contributed by atoms with Crippen LogP contribution in [0.1, 0.15) is 0 Å². The van der Waals surface area contributed by atoms with E-state index in [0.717, 1.165) is 26.2 Å². The van der Waals surface area contributed by atoms with Crippen molar-refractivity contribution in [2.24, 2.45) is 5.73 Å². The van der Waals surface area contributed by atoms with Crippen LogP contribution in [-0.2, 0) is 0 Å². The Morgan fingerprint density at radius 3 is 2.20 bits per heavy atom. The molecular formula is C5H13CaN3O. The second-order valence-corrected chi connectivity index (χ2v) is 2.08. The van der Waals surface area contributed by atoms with E-state index in [2.05, 4.69) is 5.32 Å². The van der Waals surface area contributed by atoms with Gasteiger partial charge in [0.15, 0.2) is 0 Å². The quantitative estimate of drug-likeness (QED) is 0.416. The summed E-state index contributed by atoms with van der Waals surface area (Å²) in [6, 6.07) is -0.309. The van der Waals surface area contributed by atoms with Gasteiger partial charge in [0, 0.05) is 26.2 Å². The third-order valence-electron chi connectivity index (χ3n) is 1.43. The Hall–Kier alpha value is 0.490. The van der Waals surface area contributed by atoms with E-state index in [-0.39, 0.29) is 43.8 Å². The van der Waals surface area contributed by atoms with Gasteiger partial charge in [0.2, 0.25) is 0 Å². The van der Waals surface area contributed by atoms with Crippen molar-refractivity contribution in [3.63, 3.8) is 0 Å². The Labute approximate surface area is 90.1 Å². The van der Waals surface area contributed by atoms with Gasteiger partial charge in [-0.05, 0) is 0 Å². The first-order chi connectivity index (χ1) is 4.30. The average Bonchev–Trinajstić information content (AvgIpc) is 1.90. The van der Waals surface area contributed by atoms with Crippen LogP contribution in [0.5, 0.6) is 0 Å². The van der Waals surface area contributed by atoms with Gasteiger partial charge in [0.05, 0.1) is 0 Å². The van der Waals surface area contributed by atoms with E-state index in [1.54, 1.807) is 4.90 Å². The summed E-state index contributed by atoms with van der Waals surface area (Å²) in [5.74, 6) is 0. The molecule has 4 nitrogen and oxygen atoms in total. The maximum atomic E-state index is 10.5. The molecule has 5 heteroatoms. The molecular weight excluding hydrogens is 158 g/mol. The number of amides is 2. The molecule has 1 fully saturated rings. The third kappa shape index (κ3) is 3.05. The molecule has 56 valence electrons. The van der Waals surface area contributed by atoms with E-state index in [4.69, 9.17) is 5.73 Å². The zero-order chi connectivity index (χ0) is 6.69. The second kappa shape index (κ2) is 5.18. The molecule has 0 bridgehead atoms. The zero-order valence-electron chi connectivity index (χ0n) is 5.26. The van der Waals surface area contributed by atoms with Gasteiger partial charge in [-0.15, -0.1) is 0 Å². The molecule has 1 rings (SSSR count). The monoisotopic (exact) mass is 171 g/mol. The summed E-state index contributed by atoms with van der Waals surface area (Å²) >= 11 is 0. The summed E-state index contributed by atoms with van der Waals surface area (Å²) in [4.78, 5) is 12.1. The van der Waals surface area contributed by atoms with Crippen molar-refractivity contribution in [2.75, 3.05) is 26.2 Å². The van der Waals surface area contributed by atoms with E-state index in [1.165, 1.54) is 0 Å². The molecule has 0 aliphatic carbocycles. The van der Waals surface area contributed by atoms with Crippen molar-refractivity contribution in [1.82, 2.24) is 10.2 Å². The molecule has 1 aliphatic heterocycles. The van der Waals surface area contributed by atoms with Crippen LogP contribution in [0.25, 0.3) is 0 Å². The van der Waals surface area contributed by atoms with Crippen LogP contribution in [0.3, 0.4) is 0 Å². The van der Waals surface area contributed by atoms with Crippen LogP contribution in [0.2, 0.25) is 0 Å². The minimum absolute atomic E-state index is 0. The van der Waals surface area contributed by atoms with Crippen molar-refractivity contribution < 1.29 is 4.79 Å². The molecule has 0 atom stereocenters. The average molecular weight is 171 g/mol. The van der Waals surface area contributed by atoms with Gasteiger partial charge in [-0.3, -0.25) is 0 Å². The molecule has 1 heterocycles. The first-order valence-electron chi connectivity index (χ1n) is 3.06. The van der Waals surface area contributed by atoms with Gasteiger partial charge in [0.25, 0.3) is 0 Å². The van der Waals surface area contributed by atoms with E-state index in [9.17, 15) is 4.79 Å². The van der Waals surface area contributed by atoms with Crippen LogP contribution < -0.4 is 11.1 Å². The van der Waals surface area contributed by atoms with Crippen LogP contribution in [0.15, 0.2) is 0 Å². The summed E-state index contributed by atoms with van der Waals surface area (Å²) < 4.78 is 0. The number of nitrogens with one attached hydrogen (secondary N) is 1. The van der Waals surface area contributed by atoms with Crippen LogP contribution in [-0.4, -0.2) is 74.8 Å². The second-order valence-electron chi connectivity index (χ2n) is 2.08. The Kier molecular flexibility index (Phi) is 5.43. The molecule has 10 heavy (non-hydrogen) atoms. The van der Waals surface area contributed by atoms with Crippen LogP contribution in [0.4, 0.5) is 4.79 Å². The van der Waals surface area contributed by atoms with Gasteiger partial charge in [-0.1, -0.05) is 0 Å². The Balaban J connectivity index is 0.000000810. The standard InChI is InChI=1S/C5H11N3O.Ca.2H/c6-5(9)8-3-1-7-2-4-8;;;/h7H,1-4H2,(H2,6,9);;;. The van der Waals surface area contributed by atoms with Gasteiger partial charge >= 0.3 is 43.8 Å². The summed E-state index contributed by atoms with van der Waals surface area (Å²) in [7, 11) is 0. The molecule has 0 aromatic heterocycles. The fraction of sp³-hybridized carbons (Fsp3) is 0.800. The van der Waals surface area contributed by atoms with Gasteiger partial charge in [-0.2, -0.15) is 0 Å². The number of nitrogens with two attached hydrogens (primary N) is 1. The zero-order valence-corrected chi connectivity index (χ0v) is 5.26. The van der Waals surface area contributed by atoms with Crippen LogP contribution in [0, 0.1) is 0 Å². The topological polar surface area (TPSA) is 58.4 Å². The number of carbonyl (C=O) groups excluding carboxylic acids is 1. The number of nitrogens with zero attached hydrogens (tertiary/aromatic N) is 1. The Morgan fingerprint density at radius 1 is 1.40 bits per heavy atom. The molecule has 2 amide bonds. The molecule has 0 unspecified atom stereocenters. The minimum atomic E-state index is -0.309. The predicted molar refractivity (Wildman–Crippen MR) is 42.6 cm³/mol. The van der Waals surface area contributed by atoms with Gasteiger partial charge < -0.3 is 16.0 Å². The fourth-order valence-electron chi connectivity index (χ4n) is 0.885. The number of rotatable bonds is 0. The molecule has 1 aliphatic rings. The van der Waals surface area contributed by atoms with E-state index in [1.807, 2.05) is 0 Å². The first-order valence-corrected chi connectivity index (χ1v) is 3.06. The Bertz CT molecular complexity index is 113. The Morgan fingerprint density at radius 2 is 1.90 bits per heavy atom. The predicted octanol–water partition coefficient (Wildman–Crippen LogP) is -1.95. The van der Waals surface area contributed by atoms with E-state index in [0.29, 0.717) is 0 Å². The van der Waals surface area contributed by atoms with Crippen molar-refractivity contribution in [1.29, 1.82) is 0 Å². The summed E-state index contributed by atoms with van der Waals surface area (Å²) in [6.45, 7) is 3.22. The van der Waals surface area contributed by atoms with Gasteiger partial charge in [-0.25, -0.2) is 4.79 Å². The van der Waals surface area contributed by atoms with Crippen molar-refractivity contribution in [2.45, 2.75) is 0 Å².